The van der Waals surface area contributed by atoms with Crippen molar-refractivity contribution in [3.05, 3.63) is 77.0 Å². The highest BCUT2D eigenvalue weighted by Gasteiger charge is 2.12. The number of pyridine rings is 1. The molecule has 0 saturated heterocycles. The Morgan fingerprint density at radius 1 is 1.16 bits per heavy atom. The van der Waals surface area contributed by atoms with Crippen LogP contribution in [-0.2, 0) is 6.42 Å². The molecule has 8 heteroatoms. The van der Waals surface area contributed by atoms with Gasteiger partial charge in [-0.25, -0.2) is 27.6 Å². The van der Waals surface area contributed by atoms with E-state index in [1.165, 1.54) is 35.3 Å². The molecule has 25 heavy (non-hydrogen) atoms. The van der Waals surface area contributed by atoms with Gasteiger partial charge in [0.1, 0.15) is 5.82 Å². The van der Waals surface area contributed by atoms with Gasteiger partial charge in [-0.1, -0.05) is 0 Å². The van der Waals surface area contributed by atoms with Gasteiger partial charge in [-0.3, -0.25) is 0 Å². The molecule has 0 aliphatic rings. The molecule has 0 saturated carbocycles. The number of nitrogens with zero attached hydrogens (tertiary/aromatic N) is 3. The van der Waals surface area contributed by atoms with Crippen molar-refractivity contribution in [2.45, 2.75) is 12.8 Å². The highest BCUT2D eigenvalue weighted by molar-refractivity contribution is 5.85. The molecule has 2 aromatic heterocycles. The number of halogens is 3. The van der Waals surface area contributed by atoms with Gasteiger partial charge >= 0.3 is 5.97 Å². The lowest BCUT2D eigenvalue weighted by Gasteiger charge is -2.07. The quantitative estimate of drug-likeness (QED) is 0.765. The van der Waals surface area contributed by atoms with Crippen LogP contribution < -0.4 is 0 Å². The monoisotopic (exact) mass is 347 g/mol. The van der Waals surface area contributed by atoms with Gasteiger partial charge in [0.15, 0.2) is 11.5 Å². The van der Waals surface area contributed by atoms with Crippen molar-refractivity contribution < 1.29 is 23.1 Å². The molecule has 0 aliphatic heterocycles. The second-order valence-electron chi connectivity index (χ2n) is 5.34. The number of carboxylic acid groups (broad SMARTS) is 1. The predicted molar refractivity (Wildman–Crippen MR) is 82.5 cm³/mol. The average molecular weight is 347 g/mol. The minimum atomic E-state index is -2.75. The fourth-order valence-electron chi connectivity index (χ4n) is 2.40. The number of aromatic carboxylic acids is 1. The highest BCUT2D eigenvalue weighted by atomic mass is 19.3. The summed E-state index contributed by atoms with van der Waals surface area (Å²) in [7, 11) is 0. The normalized spacial score (nSPS) is 11.0. The largest absolute Gasteiger partial charge is 0.476 e. The van der Waals surface area contributed by atoms with Crippen molar-refractivity contribution in [3.8, 4) is 5.82 Å². The van der Waals surface area contributed by atoms with Gasteiger partial charge < -0.3 is 5.11 Å². The standard InChI is InChI=1S/C17H12F3N3O2/c18-13-7-11(6-12(9-13)16(19)20)5-10-1-3-21-15(8-10)23-4-2-14(22-23)17(24)25/h1-4,6-9,16H,5H2,(H,24,25). The molecular formula is C17H12F3N3O2. The topological polar surface area (TPSA) is 68.0 Å². The second-order valence-corrected chi connectivity index (χ2v) is 5.34. The molecule has 0 amide bonds. The van der Waals surface area contributed by atoms with E-state index < -0.39 is 18.2 Å². The van der Waals surface area contributed by atoms with Gasteiger partial charge in [-0.2, -0.15) is 5.10 Å². The van der Waals surface area contributed by atoms with Crippen LogP contribution in [-0.4, -0.2) is 25.8 Å². The number of rotatable bonds is 5. The fraction of sp³-hybridized carbons (Fsp3) is 0.118. The molecule has 2 heterocycles. The molecule has 0 atom stereocenters. The lowest BCUT2D eigenvalue weighted by Crippen LogP contribution is -2.03. The number of carboxylic acids is 1. The molecule has 0 spiro atoms. The SMILES string of the molecule is O=C(O)c1ccn(-c2cc(Cc3cc(F)cc(C(F)F)c3)ccn2)n1. The zero-order valence-electron chi connectivity index (χ0n) is 12.7. The van der Waals surface area contributed by atoms with Crippen LogP contribution in [0.4, 0.5) is 13.2 Å². The van der Waals surface area contributed by atoms with Gasteiger partial charge in [-0.15, -0.1) is 0 Å². The summed E-state index contributed by atoms with van der Waals surface area (Å²) >= 11 is 0. The zero-order chi connectivity index (χ0) is 18.0. The Labute approximate surface area is 140 Å². The van der Waals surface area contributed by atoms with Crippen molar-refractivity contribution >= 4 is 5.97 Å². The van der Waals surface area contributed by atoms with Gasteiger partial charge in [-0.05, 0) is 53.9 Å². The zero-order valence-corrected chi connectivity index (χ0v) is 12.7. The third-order valence-corrected chi connectivity index (χ3v) is 3.49. The summed E-state index contributed by atoms with van der Waals surface area (Å²) in [6, 6.07) is 7.89. The number of carbonyl (C=O) groups is 1. The van der Waals surface area contributed by atoms with Crippen LogP contribution in [0.15, 0.2) is 48.8 Å². The first-order valence-corrected chi connectivity index (χ1v) is 7.24. The van der Waals surface area contributed by atoms with E-state index in [1.54, 1.807) is 12.1 Å². The molecule has 1 N–H and O–H groups in total. The van der Waals surface area contributed by atoms with E-state index in [1.807, 2.05) is 0 Å². The van der Waals surface area contributed by atoms with E-state index in [-0.39, 0.29) is 17.7 Å². The Bertz CT molecular complexity index is 925. The molecule has 128 valence electrons. The summed E-state index contributed by atoms with van der Waals surface area (Å²) in [5, 5.41) is 12.8. The van der Waals surface area contributed by atoms with E-state index in [4.69, 9.17) is 5.11 Å². The van der Waals surface area contributed by atoms with Crippen molar-refractivity contribution in [1.29, 1.82) is 0 Å². The Hall–Kier alpha value is -3.16. The Morgan fingerprint density at radius 2 is 1.96 bits per heavy atom. The van der Waals surface area contributed by atoms with Gasteiger partial charge in [0, 0.05) is 18.0 Å². The maximum absolute atomic E-state index is 13.5. The van der Waals surface area contributed by atoms with Crippen LogP contribution in [0.25, 0.3) is 5.82 Å². The molecule has 3 aromatic rings. The number of hydrogen-bond donors (Lipinski definition) is 1. The minimum absolute atomic E-state index is 0.126. The van der Waals surface area contributed by atoms with Crippen LogP contribution in [0.2, 0.25) is 0 Å². The lowest BCUT2D eigenvalue weighted by molar-refractivity contribution is 0.0690. The Kier molecular flexibility index (Phi) is 4.51. The summed E-state index contributed by atoms with van der Waals surface area (Å²) in [5.74, 6) is -1.51. The smallest absolute Gasteiger partial charge is 0.356 e. The van der Waals surface area contributed by atoms with Gasteiger partial charge in [0.2, 0.25) is 0 Å². The molecule has 0 bridgehead atoms. The molecule has 1 aromatic carbocycles. The second kappa shape index (κ2) is 6.76. The summed E-state index contributed by atoms with van der Waals surface area (Å²) in [5.41, 5.74) is 0.601. The molecule has 0 fully saturated rings. The van der Waals surface area contributed by atoms with Crippen LogP contribution in [0.3, 0.4) is 0 Å². The molecule has 3 rings (SSSR count). The first-order chi connectivity index (χ1) is 11.9. The van der Waals surface area contributed by atoms with Crippen molar-refractivity contribution in [3.63, 3.8) is 0 Å². The molecule has 0 aliphatic carbocycles. The van der Waals surface area contributed by atoms with Crippen molar-refractivity contribution in [1.82, 2.24) is 14.8 Å². The number of aromatic nitrogens is 3. The first-order valence-electron chi connectivity index (χ1n) is 7.24. The molecular weight excluding hydrogens is 335 g/mol. The fourth-order valence-corrected chi connectivity index (χ4v) is 2.40. The highest BCUT2D eigenvalue weighted by Crippen LogP contribution is 2.23. The number of hydrogen-bond acceptors (Lipinski definition) is 3. The van der Waals surface area contributed by atoms with E-state index in [2.05, 4.69) is 10.1 Å². The summed E-state index contributed by atoms with van der Waals surface area (Å²) in [6.07, 6.45) is 0.410. The minimum Gasteiger partial charge on any atom is -0.476 e. The van der Waals surface area contributed by atoms with Crippen molar-refractivity contribution in [2.24, 2.45) is 0 Å². The summed E-state index contributed by atoms with van der Waals surface area (Å²) in [6.45, 7) is 0. The van der Waals surface area contributed by atoms with Crippen LogP contribution in [0, 0.1) is 5.82 Å². The van der Waals surface area contributed by atoms with Crippen LogP contribution in [0.1, 0.15) is 33.6 Å². The summed E-state index contributed by atoms with van der Waals surface area (Å²) < 4.78 is 40.4. The lowest BCUT2D eigenvalue weighted by atomic mass is 10.0. The predicted octanol–water partition coefficient (Wildman–Crippen LogP) is 3.63. The van der Waals surface area contributed by atoms with Crippen molar-refractivity contribution in [2.75, 3.05) is 0 Å². The molecule has 0 unspecified atom stereocenters. The molecule has 5 nitrogen and oxygen atoms in total. The number of benzene rings is 1. The summed E-state index contributed by atoms with van der Waals surface area (Å²) in [4.78, 5) is 15.0. The van der Waals surface area contributed by atoms with Gasteiger partial charge in [0.05, 0.1) is 0 Å². The average Bonchev–Trinajstić information content (AvgIpc) is 3.05. The van der Waals surface area contributed by atoms with E-state index >= 15 is 0 Å². The van der Waals surface area contributed by atoms with Crippen LogP contribution in [0.5, 0.6) is 0 Å². The Balaban J connectivity index is 1.88. The maximum atomic E-state index is 13.5. The molecule has 0 radical (unpaired) electrons. The van der Waals surface area contributed by atoms with E-state index in [0.717, 1.165) is 6.07 Å². The van der Waals surface area contributed by atoms with E-state index in [9.17, 15) is 18.0 Å². The van der Waals surface area contributed by atoms with E-state index in [0.29, 0.717) is 16.9 Å². The third-order valence-electron chi connectivity index (χ3n) is 3.49. The number of alkyl halides is 2. The Morgan fingerprint density at radius 3 is 2.64 bits per heavy atom. The van der Waals surface area contributed by atoms with Gasteiger partial charge in [0.25, 0.3) is 6.43 Å². The van der Waals surface area contributed by atoms with Crippen LogP contribution >= 0.6 is 0 Å². The first kappa shape index (κ1) is 16.7. The maximum Gasteiger partial charge on any atom is 0.356 e. The third kappa shape index (κ3) is 3.85.